The van der Waals surface area contributed by atoms with E-state index in [-0.39, 0.29) is 11.8 Å². The first kappa shape index (κ1) is 15.5. The van der Waals surface area contributed by atoms with E-state index in [2.05, 4.69) is 14.9 Å². The van der Waals surface area contributed by atoms with Gasteiger partial charge in [-0.05, 0) is 19.1 Å². The van der Waals surface area contributed by atoms with Gasteiger partial charge >= 0.3 is 0 Å². The number of nitrogens with zero attached hydrogens (tertiary/aromatic N) is 1. The standard InChI is InChI=1S/C13H23N3O3S/c1-12(11-13-3-2-9-19-13)15-20(17,18)10-8-16-6-4-14-5-7-16/h2-3,9,12,14-15H,4-8,10-11H2,1H3. The summed E-state index contributed by atoms with van der Waals surface area (Å²) >= 11 is 0. The third-order valence-corrected chi connectivity index (χ3v) is 4.84. The number of hydrogen-bond acceptors (Lipinski definition) is 5. The molecule has 2 N–H and O–H groups in total. The zero-order valence-electron chi connectivity index (χ0n) is 11.8. The molecule has 0 spiro atoms. The highest BCUT2D eigenvalue weighted by molar-refractivity contribution is 7.89. The molecule has 1 unspecified atom stereocenters. The van der Waals surface area contributed by atoms with Crippen LogP contribution in [0.1, 0.15) is 12.7 Å². The number of hydrogen-bond donors (Lipinski definition) is 2. The van der Waals surface area contributed by atoms with Gasteiger partial charge in [0.25, 0.3) is 0 Å². The normalized spacial score (nSPS) is 19.1. The lowest BCUT2D eigenvalue weighted by Crippen LogP contribution is -2.46. The highest BCUT2D eigenvalue weighted by atomic mass is 32.2. The number of sulfonamides is 1. The molecule has 1 aromatic heterocycles. The Labute approximate surface area is 120 Å². The van der Waals surface area contributed by atoms with Crippen LogP contribution >= 0.6 is 0 Å². The van der Waals surface area contributed by atoms with Crippen molar-refractivity contribution in [2.45, 2.75) is 19.4 Å². The molecule has 1 aliphatic heterocycles. The minimum absolute atomic E-state index is 0.148. The molecule has 2 rings (SSSR count). The molecule has 0 saturated carbocycles. The van der Waals surface area contributed by atoms with Crippen molar-refractivity contribution in [1.29, 1.82) is 0 Å². The Bertz CT molecular complexity index is 481. The summed E-state index contributed by atoms with van der Waals surface area (Å²) in [4.78, 5) is 2.17. The Morgan fingerprint density at radius 1 is 1.45 bits per heavy atom. The van der Waals surface area contributed by atoms with Gasteiger partial charge in [0.15, 0.2) is 0 Å². The van der Waals surface area contributed by atoms with E-state index >= 15 is 0 Å². The molecule has 1 aromatic rings. The second kappa shape index (κ2) is 7.21. The van der Waals surface area contributed by atoms with Gasteiger partial charge in [-0.1, -0.05) is 0 Å². The van der Waals surface area contributed by atoms with Gasteiger partial charge in [-0.15, -0.1) is 0 Å². The van der Waals surface area contributed by atoms with Gasteiger partial charge in [0.2, 0.25) is 10.0 Å². The van der Waals surface area contributed by atoms with Crippen LogP contribution in [0, 0.1) is 0 Å². The zero-order valence-corrected chi connectivity index (χ0v) is 12.7. The Morgan fingerprint density at radius 2 is 2.20 bits per heavy atom. The highest BCUT2D eigenvalue weighted by Crippen LogP contribution is 2.05. The zero-order chi connectivity index (χ0) is 14.4. The fourth-order valence-corrected chi connectivity index (χ4v) is 3.63. The molecule has 20 heavy (non-hydrogen) atoms. The topological polar surface area (TPSA) is 74.6 Å². The SMILES string of the molecule is CC(Cc1ccco1)NS(=O)(=O)CCN1CCNCC1. The third kappa shape index (κ3) is 5.24. The van der Waals surface area contributed by atoms with E-state index in [1.54, 1.807) is 12.3 Å². The maximum Gasteiger partial charge on any atom is 0.213 e. The predicted molar refractivity (Wildman–Crippen MR) is 78.1 cm³/mol. The minimum Gasteiger partial charge on any atom is -0.469 e. The number of furan rings is 1. The van der Waals surface area contributed by atoms with Crippen LogP contribution in [0.3, 0.4) is 0 Å². The maximum atomic E-state index is 12.0. The van der Waals surface area contributed by atoms with Gasteiger partial charge in [0.1, 0.15) is 5.76 Å². The molecule has 1 saturated heterocycles. The second-order valence-corrected chi connectivity index (χ2v) is 7.09. The summed E-state index contributed by atoms with van der Waals surface area (Å²) in [5, 5.41) is 3.25. The summed E-state index contributed by atoms with van der Waals surface area (Å²) in [6.07, 6.45) is 2.17. The quantitative estimate of drug-likeness (QED) is 0.743. The molecule has 1 aliphatic rings. The van der Waals surface area contributed by atoms with Crippen LogP contribution in [0.4, 0.5) is 0 Å². The van der Waals surface area contributed by atoms with E-state index in [9.17, 15) is 8.42 Å². The molecule has 0 aliphatic carbocycles. The van der Waals surface area contributed by atoms with Crippen molar-refractivity contribution in [2.75, 3.05) is 38.5 Å². The van der Waals surface area contributed by atoms with E-state index in [4.69, 9.17) is 4.42 Å². The molecule has 6 nitrogen and oxygen atoms in total. The highest BCUT2D eigenvalue weighted by Gasteiger charge is 2.18. The van der Waals surface area contributed by atoms with Crippen molar-refractivity contribution < 1.29 is 12.8 Å². The first-order chi connectivity index (χ1) is 9.55. The lowest BCUT2D eigenvalue weighted by molar-refractivity contribution is 0.253. The Hall–Kier alpha value is -0.890. The van der Waals surface area contributed by atoms with Crippen LogP contribution in [0.25, 0.3) is 0 Å². The molecular weight excluding hydrogens is 278 g/mol. The van der Waals surface area contributed by atoms with Gasteiger partial charge in [-0.25, -0.2) is 13.1 Å². The Balaban J connectivity index is 1.74. The Morgan fingerprint density at radius 3 is 2.85 bits per heavy atom. The van der Waals surface area contributed by atoms with Crippen molar-refractivity contribution in [1.82, 2.24) is 14.9 Å². The lowest BCUT2D eigenvalue weighted by atomic mass is 10.2. The van der Waals surface area contributed by atoms with Crippen molar-refractivity contribution >= 4 is 10.0 Å². The summed E-state index contributed by atoms with van der Waals surface area (Å²) in [6.45, 7) is 6.13. The maximum absolute atomic E-state index is 12.0. The number of piperazine rings is 1. The summed E-state index contributed by atoms with van der Waals surface area (Å²) in [5.74, 6) is 0.942. The number of rotatable bonds is 7. The Kier molecular flexibility index (Phi) is 5.59. The van der Waals surface area contributed by atoms with Crippen LogP contribution in [0.5, 0.6) is 0 Å². The molecule has 0 amide bonds. The first-order valence-electron chi connectivity index (χ1n) is 7.00. The van der Waals surface area contributed by atoms with Gasteiger partial charge in [0, 0.05) is 45.2 Å². The fraction of sp³-hybridized carbons (Fsp3) is 0.692. The summed E-state index contributed by atoms with van der Waals surface area (Å²) in [7, 11) is -3.24. The van der Waals surface area contributed by atoms with E-state index in [0.717, 1.165) is 31.9 Å². The largest absolute Gasteiger partial charge is 0.469 e. The van der Waals surface area contributed by atoms with E-state index in [0.29, 0.717) is 13.0 Å². The van der Waals surface area contributed by atoms with E-state index < -0.39 is 10.0 Å². The van der Waals surface area contributed by atoms with Crippen molar-refractivity contribution in [2.24, 2.45) is 0 Å². The van der Waals surface area contributed by atoms with Gasteiger partial charge in [-0.3, -0.25) is 4.90 Å². The van der Waals surface area contributed by atoms with Crippen LogP contribution in [0.2, 0.25) is 0 Å². The molecule has 0 radical (unpaired) electrons. The predicted octanol–water partition coefficient (Wildman–Crippen LogP) is 0.0352. The van der Waals surface area contributed by atoms with Crippen molar-refractivity contribution in [3.05, 3.63) is 24.2 Å². The van der Waals surface area contributed by atoms with Crippen molar-refractivity contribution in [3.8, 4) is 0 Å². The molecule has 7 heteroatoms. The van der Waals surface area contributed by atoms with E-state index in [1.165, 1.54) is 0 Å². The average molecular weight is 301 g/mol. The first-order valence-corrected chi connectivity index (χ1v) is 8.66. The summed E-state index contributed by atoms with van der Waals surface area (Å²) in [6, 6.07) is 3.50. The molecule has 0 bridgehead atoms. The monoisotopic (exact) mass is 301 g/mol. The van der Waals surface area contributed by atoms with Gasteiger partial charge < -0.3 is 9.73 Å². The summed E-state index contributed by atoms with van der Waals surface area (Å²) in [5.41, 5.74) is 0. The van der Waals surface area contributed by atoms with Crippen molar-refractivity contribution in [3.63, 3.8) is 0 Å². The lowest BCUT2D eigenvalue weighted by Gasteiger charge is -2.27. The average Bonchev–Trinajstić information content (AvgIpc) is 2.90. The van der Waals surface area contributed by atoms with Gasteiger partial charge in [0.05, 0.1) is 12.0 Å². The molecule has 114 valence electrons. The molecule has 0 aromatic carbocycles. The van der Waals surface area contributed by atoms with Crippen LogP contribution in [-0.4, -0.2) is 57.8 Å². The van der Waals surface area contributed by atoms with Gasteiger partial charge in [-0.2, -0.15) is 0 Å². The smallest absolute Gasteiger partial charge is 0.213 e. The minimum atomic E-state index is -3.24. The fourth-order valence-electron chi connectivity index (χ4n) is 2.32. The van der Waals surface area contributed by atoms with Crippen LogP contribution in [0.15, 0.2) is 22.8 Å². The number of nitrogens with one attached hydrogen (secondary N) is 2. The van der Waals surface area contributed by atoms with E-state index in [1.807, 2.05) is 13.0 Å². The van der Waals surface area contributed by atoms with Crippen LogP contribution in [-0.2, 0) is 16.4 Å². The molecular formula is C13H23N3O3S. The molecule has 2 heterocycles. The molecule has 1 fully saturated rings. The third-order valence-electron chi connectivity index (χ3n) is 3.35. The second-order valence-electron chi connectivity index (χ2n) is 5.21. The summed E-state index contributed by atoms with van der Waals surface area (Å²) < 4.78 is 32.0. The van der Waals surface area contributed by atoms with Crippen LogP contribution < -0.4 is 10.0 Å². The molecule has 1 atom stereocenters.